The second-order valence-corrected chi connectivity index (χ2v) is 12.0. The summed E-state index contributed by atoms with van der Waals surface area (Å²) in [6, 6.07) is 3.73. The lowest BCUT2D eigenvalue weighted by Gasteiger charge is -2.46. The molecule has 4 rings (SSSR count). The van der Waals surface area contributed by atoms with Crippen LogP contribution in [0.4, 0.5) is 5.69 Å². The molecule has 4 heterocycles. The van der Waals surface area contributed by atoms with Crippen LogP contribution in [0.1, 0.15) is 78.5 Å². The highest BCUT2D eigenvalue weighted by molar-refractivity contribution is 5.97. The Balaban J connectivity index is 1.52. The SMILES string of the molecule is CCCC(C)c1cnc2c(c1)N(C(=O)CN1C[C@@H](C)NC[C@@H]1CN1[C@H](C)COC[C@H]1C)CC2(C)C. The molecular formula is C28H47N5O2. The van der Waals surface area contributed by atoms with Gasteiger partial charge in [-0.3, -0.25) is 19.6 Å². The van der Waals surface area contributed by atoms with Gasteiger partial charge >= 0.3 is 0 Å². The van der Waals surface area contributed by atoms with Crippen molar-refractivity contribution in [1.82, 2.24) is 20.1 Å². The van der Waals surface area contributed by atoms with Crippen LogP contribution in [0.3, 0.4) is 0 Å². The van der Waals surface area contributed by atoms with Gasteiger partial charge in [-0.1, -0.05) is 34.1 Å². The van der Waals surface area contributed by atoms with Crippen molar-refractivity contribution < 1.29 is 9.53 Å². The lowest BCUT2D eigenvalue weighted by Crippen LogP contribution is -2.63. The number of rotatable bonds is 7. The number of piperazine rings is 1. The number of carbonyl (C=O) groups is 1. The summed E-state index contributed by atoms with van der Waals surface area (Å²) >= 11 is 0. The minimum atomic E-state index is -0.133. The Bertz CT molecular complexity index is 880. The number of aromatic nitrogens is 1. The van der Waals surface area contributed by atoms with E-state index in [1.54, 1.807) is 0 Å². The Kier molecular flexibility index (Phi) is 8.21. The maximum absolute atomic E-state index is 13.8. The zero-order valence-electron chi connectivity index (χ0n) is 23.0. The molecule has 2 saturated heterocycles. The molecule has 7 heteroatoms. The summed E-state index contributed by atoms with van der Waals surface area (Å²) in [5.74, 6) is 0.649. The summed E-state index contributed by atoms with van der Waals surface area (Å²) in [6.07, 6.45) is 4.32. The number of carbonyl (C=O) groups excluding carboxylic acids is 1. The fourth-order valence-corrected chi connectivity index (χ4v) is 6.15. The molecule has 196 valence electrons. The van der Waals surface area contributed by atoms with Gasteiger partial charge in [0, 0.05) is 62.0 Å². The molecule has 3 aliphatic rings. The van der Waals surface area contributed by atoms with Gasteiger partial charge in [0.1, 0.15) is 0 Å². The van der Waals surface area contributed by atoms with Gasteiger partial charge in [0.25, 0.3) is 0 Å². The number of anilines is 1. The van der Waals surface area contributed by atoms with Crippen molar-refractivity contribution in [3.8, 4) is 0 Å². The van der Waals surface area contributed by atoms with Gasteiger partial charge in [-0.2, -0.15) is 0 Å². The quantitative estimate of drug-likeness (QED) is 0.639. The smallest absolute Gasteiger partial charge is 0.241 e. The number of pyridine rings is 1. The van der Waals surface area contributed by atoms with Crippen LogP contribution >= 0.6 is 0 Å². The van der Waals surface area contributed by atoms with Crippen molar-refractivity contribution in [2.24, 2.45) is 0 Å². The number of fused-ring (bicyclic) bond motifs is 1. The molecular weight excluding hydrogens is 438 g/mol. The van der Waals surface area contributed by atoms with E-state index >= 15 is 0 Å². The molecule has 1 amide bonds. The van der Waals surface area contributed by atoms with Crippen molar-refractivity contribution in [2.45, 2.75) is 96.8 Å². The second kappa shape index (κ2) is 10.8. The van der Waals surface area contributed by atoms with Gasteiger partial charge in [0.15, 0.2) is 0 Å². The number of morpholine rings is 1. The minimum absolute atomic E-state index is 0.133. The third kappa shape index (κ3) is 5.74. The largest absolute Gasteiger partial charge is 0.378 e. The van der Waals surface area contributed by atoms with Crippen LogP contribution in [0.15, 0.2) is 12.3 Å². The number of hydrogen-bond acceptors (Lipinski definition) is 6. The maximum Gasteiger partial charge on any atom is 0.241 e. The molecule has 0 aliphatic carbocycles. The summed E-state index contributed by atoms with van der Waals surface area (Å²) in [7, 11) is 0. The summed E-state index contributed by atoms with van der Waals surface area (Å²) < 4.78 is 5.75. The molecule has 0 bridgehead atoms. The van der Waals surface area contributed by atoms with Crippen LogP contribution in [0, 0.1) is 0 Å². The number of nitrogens with one attached hydrogen (secondary N) is 1. The molecule has 0 spiro atoms. The molecule has 2 fully saturated rings. The van der Waals surface area contributed by atoms with Crippen LogP contribution in [0.25, 0.3) is 0 Å². The normalized spacial score (nSPS) is 30.3. The van der Waals surface area contributed by atoms with Crippen molar-refractivity contribution in [3.63, 3.8) is 0 Å². The molecule has 7 nitrogen and oxygen atoms in total. The lowest BCUT2D eigenvalue weighted by molar-refractivity contribution is -0.121. The van der Waals surface area contributed by atoms with E-state index in [1.165, 1.54) is 5.56 Å². The van der Waals surface area contributed by atoms with Gasteiger partial charge in [0.2, 0.25) is 5.91 Å². The molecule has 0 aromatic carbocycles. The van der Waals surface area contributed by atoms with E-state index in [9.17, 15) is 4.79 Å². The van der Waals surface area contributed by atoms with Crippen LogP contribution in [0.2, 0.25) is 0 Å². The topological polar surface area (TPSA) is 60.9 Å². The van der Waals surface area contributed by atoms with Crippen LogP contribution in [0.5, 0.6) is 0 Å². The zero-order chi connectivity index (χ0) is 25.3. The van der Waals surface area contributed by atoms with Crippen LogP contribution < -0.4 is 10.2 Å². The average Bonchev–Trinajstić information content (AvgIpc) is 3.08. The number of hydrogen-bond donors (Lipinski definition) is 1. The monoisotopic (exact) mass is 485 g/mol. The molecule has 5 atom stereocenters. The van der Waals surface area contributed by atoms with E-state index in [-0.39, 0.29) is 11.3 Å². The van der Waals surface area contributed by atoms with Crippen molar-refractivity contribution in [2.75, 3.05) is 50.8 Å². The van der Waals surface area contributed by atoms with E-state index in [0.29, 0.717) is 43.2 Å². The third-order valence-electron chi connectivity index (χ3n) is 8.30. The highest BCUT2D eigenvalue weighted by Gasteiger charge is 2.41. The molecule has 1 N–H and O–H groups in total. The molecule has 1 unspecified atom stereocenters. The Morgan fingerprint density at radius 2 is 1.97 bits per heavy atom. The number of amides is 1. The lowest BCUT2D eigenvalue weighted by atomic mass is 9.90. The molecule has 1 aromatic heterocycles. The standard InChI is InChI=1S/C28H47N5O2/c1-8-9-19(2)23-10-25-27(30-11-23)28(6,7)18-33(25)26(34)15-31-13-20(3)29-12-24(31)14-32-21(4)16-35-17-22(32)5/h10-11,19-22,24,29H,8-9,12-18H2,1-7H3/t19?,20-,21-,22-,24-/m1/s1. The Labute approximate surface area is 212 Å². The molecule has 0 radical (unpaired) electrons. The fourth-order valence-electron chi connectivity index (χ4n) is 6.15. The Morgan fingerprint density at radius 1 is 1.26 bits per heavy atom. The van der Waals surface area contributed by atoms with Gasteiger partial charge in [-0.05, 0) is 44.7 Å². The maximum atomic E-state index is 13.8. The fraction of sp³-hybridized carbons (Fsp3) is 0.786. The van der Waals surface area contributed by atoms with Crippen molar-refractivity contribution in [1.29, 1.82) is 0 Å². The van der Waals surface area contributed by atoms with Gasteiger partial charge in [-0.25, -0.2) is 0 Å². The third-order valence-corrected chi connectivity index (χ3v) is 8.30. The predicted molar refractivity (Wildman–Crippen MR) is 142 cm³/mol. The van der Waals surface area contributed by atoms with E-state index in [2.05, 4.69) is 69.6 Å². The van der Waals surface area contributed by atoms with E-state index < -0.39 is 0 Å². The van der Waals surface area contributed by atoms with Gasteiger partial charge in [-0.15, -0.1) is 0 Å². The first-order valence-corrected chi connectivity index (χ1v) is 13.7. The summed E-state index contributed by atoms with van der Waals surface area (Å²) in [5.41, 5.74) is 3.19. The molecule has 0 saturated carbocycles. The van der Waals surface area contributed by atoms with Crippen LogP contribution in [-0.2, 0) is 14.9 Å². The predicted octanol–water partition coefficient (Wildman–Crippen LogP) is 3.38. The highest BCUT2D eigenvalue weighted by atomic mass is 16.5. The number of ether oxygens (including phenoxy) is 1. The van der Waals surface area contributed by atoms with Gasteiger partial charge < -0.3 is 15.0 Å². The molecule has 1 aromatic rings. The van der Waals surface area contributed by atoms with Crippen LogP contribution in [-0.4, -0.2) is 90.8 Å². The summed E-state index contributed by atoms with van der Waals surface area (Å²) in [5, 5.41) is 3.65. The zero-order valence-corrected chi connectivity index (χ0v) is 23.0. The van der Waals surface area contributed by atoms with Crippen molar-refractivity contribution >= 4 is 11.6 Å². The number of nitrogens with zero attached hydrogens (tertiary/aromatic N) is 4. The highest BCUT2D eigenvalue weighted by Crippen LogP contribution is 2.40. The van der Waals surface area contributed by atoms with Crippen molar-refractivity contribution in [3.05, 3.63) is 23.5 Å². The van der Waals surface area contributed by atoms with Gasteiger partial charge in [0.05, 0.1) is 31.1 Å². The summed E-state index contributed by atoms with van der Waals surface area (Å²) in [4.78, 5) is 25.7. The molecule has 3 aliphatic heterocycles. The second-order valence-electron chi connectivity index (χ2n) is 12.0. The first kappa shape index (κ1) is 26.5. The van der Waals surface area contributed by atoms with E-state index in [1.807, 2.05) is 11.1 Å². The molecule has 35 heavy (non-hydrogen) atoms. The Morgan fingerprint density at radius 3 is 2.66 bits per heavy atom. The Hall–Kier alpha value is -1.54. The average molecular weight is 486 g/mol. The minimum Gasteiger partial charge on any atom is -0.378 e. The first-order chi connectivity index (χ1) is 16.6. The van der Waals surface area contributed by atoms with E-state index in [0.717, 1.165) is 57.1 Å². The summed E-state index contributed by atoms with van der Waals surface area (Å²) in [6.45, 7) is 21.1. The van der Waals surface area contributed by atoms with E-state index in [4.69, 9.17) is 9.72 Å². The first-order valence-electron chi connectivity index (χ1n) is 13.7.